The molecule has 0 atom stereocenters. The second-order valence-electron chi connectivity index (χ2n) is 9.50. The highest BCUT2D eigenvalue weighted by Crippen LogP contribution is 2.33. The standard InChI is InChI=1S/C32H27N3O4/c1-20-17-21(2)30-28(18-20)29(32(36)33-25-11-13-26(14-12-25)35(37)38)22(3)31(34-30)24-9-15-27(16-10-24)39-19-23-7-5-4-6-8-23/h4-18H,19H2,1-3H3,(H,33,36). The zero-order valence-electron chi connectivity index (χ0n) is 21.9. The van der Waals surface area contributed by atoms with Crippen molar-refractivity contribution >= 4 is 28.2 Å². The van der Waals surface area contributed by atoms with E-state index in [1.165, 1.54) is 24.3 Å². The molecule has 0 saturated carbocycles. The van der Waals surface area contributed by atoms with Crippen molar-refractivity contribution in [1.29, 1.82) is 0 Å². The third-order valence-electron chi connectivity index (χ3n) is 6.61. The Hall–Kier alpha value is -5.04. The molecule has 4 aromatic carbocycles. The van der Waals surface area contributed by atoms with Gasteiger partial charge in [-0.25, -0.2) is 4.98 Å². The molecule has 0 aliphatic rings. The lowest BCUT2D eigenvalue weighted by molar-refractivity contribution is -0.384. The fraction of sp³-hybridized carbons (Fsp3) is 0.125. The van der Waals surface area contributed by atoms with Gasteiger partial charge in [0.15, 0.2) is 0 Å². The van der Waals surface area contributed by atoms with Gasteiger partial charge in [0.05, 0.1) is 21.7 Å². The van der Waals surface area contributed by atoms with Gasteiger partial charge >= 0.3 is 0 Å². The summed E-state index contributed by atoms with van der Waals surface area (Å²) in [5.74, 6) is 0.437. The van der Waals surface area contributed by atoms with Crippen molar-refractivity contribution in [3.63, 3.8) is 0 Å². The highest BCUT2D eigenvalue weighted by Gasteiger charge is 2.21. The molecule has 0 aliphatic heterocycles. The summed E-state index contributed by atoms with van der Waals surface area (Å²) in [5.41, 5.74) is 7.10. The van der Waals surface area contributed by atoms with Crippen molar-refractivity contribution in [3.8, 4) is 17.0 Å². The van der Waals surface area contributed by atoms with Crippen LogP contribution < -0.4 is 10.1 Å². The number of benzene rings is 4. The van der Waals surface area contributed by atoms with E-state index in [1.54, 1.807) is 0 Å². The van der Waals surface area contributed by atoms with Gasteiger partial charge in [0.1, 0.15) is 12.4 Å². The number of aryl methyl sites for hydroxylation is 2. The number of nitro groups is 1. The molecule has 1 amide bonds. The zero-order chi connectivity index (χ0) is 27.5. The third-order valence-corrected chi connectivity index (χ3v) is 6.61. The minimum atomic E-state index is -0.470. The smallest absolute Gasteiger partial charge is 0.269 e. The predicted molar refractivity (Wildman–Crippen MR) is 153 cm³/mol. The highest BCUT2D eigenvalue weighted by molar-refractivity contribution is 6.15. The van der Waals surface area contributed by atoms with E-state index in [2.05, 4.69) is 5.32 Å². The summed E-state index contributed by atoms with van der Waals surface area (Å²) < 4.78 is 5.94. The van der Waals surface area contributed by atoms with E-state index in [-0.39, 0.29) is 11.6 Å². The molecule has 0 unspecified atom stereocenters. The fourth-order valence-corrected chi connectivity index (χ4v) is 4.70. The van der Waals surface area contributed by atoms with E-state index in [0.29, 0.717) is 23.6 Å². The average Bonchev–Trinajstić information content (AvgIpc) is 2.93. The number of anilines is 1. The quantitative estimate of drug-likeness (QED) is 0.177. The van der Waals surface area contributed by atoms with Crippen LogP contribution in [0.15, 0.2) is 91.0 Å². The molecular weight excluding hydrogens is 490 g/mol. The number of nitrogens with one attached hydrogen (secondary N) is 1. The SMILES string of the molecule is Cc1cc(C)c2nc(-c3ccc(OCc4ccccc4)cc3)c(C)c(C(=O)Nc3ccc([N+](=O)[O-])cc3)c2c1. The molecule has 0 saturated heterocycles. The van der Waals surface area contributed by atoms with Gasteiger partial charge in [-0.05, 0) is 79.9 Å². The zero-order valence-corrected chi connectivity index (χ0v) is 21.9. The first-order chi connectivity index (χ1) is 18.8. The molecule has 5 aromatic rings. The highest BCUT2D eigenvalue weighted by atomic mass is 16.6. The van der Waals surface area contributed by atoms with Crippen LogP contribution in [0.25, 0.3) is 22.2 Å². The summed E-state index contributed by atoms with van der Waals surface area (Å²) in [6.07, 6.45) is 0. The third kappa shape index (κ3) is 5.48. The summed E-state index contributed by atoms with van der Waals surface area (Å²) in [5, 5.41) is 14.7. The molecule has 194 valence electrons. The Labute approximate surface area is 226 Å². The topological polar surface area (TPSA) is 94.4 Å². The van der Waals surface area contributed by atoms with Gasteiger partial charge in [-0.1, -0.05) is 42.0 Å². The normalized spacial score (nSPS) is 10.8. The summed E-state index contributed by atoms with van der Waals surface area (Å²) in [7, 11) is 0. The number of rotatable bonds is 7. The number of fused-ring (bicyclic) bond motifs is 1. The van der Waals surface area contributed by atoms with Crippen molar-refractivity contribution < 1.29 is 14.5 Å². The summed E-state index contributed by atoms with van der Waals surface area (Å²) in [6.45, 7) is 6.34. The molecule has 0 radical (unpaired) electrons. The van der Waals surface area contributed by atoms with Crippen LogP contribution in [0.4, 0.5) is 11.4 Å². The molecular formula is C32H27N3O4. The van der Waals surface area contributed by atoms with E-state index in [0.717, 1.165) is 44.5 Å². The van der Waals surface area contributed by atoms with E-state index in [1.807, 2.05) is 87.5 Å². The van der Waals surface area contributed by atoms with Gasteiger partial charge in [0.2, 0.25) is 0 Å². The Balaban J connectivity index is 1.51. The maximum atomic E-state index is 13.7. The number of nitro benzene ring substituents is 1. The molecule has 0 spiro atoms. The number of aromatic nitrogens is 1. The molecule has 5 rings (SSSR count). The van der Waals surface area contributed by atoms with Crippen molar-refractivity contribution in [2.24, 2.45) is 0 Å². The van der Waals surface area contributed by atoms with Crippen LogP contribution in [0.3, 0.4) is 0 Å². The van der Waals surface area contributed by atoms with Gasteiger partial charge in [0.25, 0.3) is 11.6 Å². The maximum absolute atomic E-state index is 13.7. The lowest BCUT2D eigenvalue weighted by atomic mass is 9.94. The first-order valence-electron chi connectivity index (χ1n) is 12.5. The van der Waals surface area contributed by atoms with Crippen LogP contribution in [0.5, 0.6) is 5.75 Å². The number of non-ortho nitro benzene ring substituents is 1. The van der Waals surface area contributed by atoms with Crippen LogP contribution in [0.1, 0.15) is 32.6 Å². The van der Waals surface area contributed by atoms with Crippen LogP contribution in [-0.4, -0.2) is 15.8 Å². The van der Waals surface area contributed by atoms with Gasteiger partial charge in [0, 0.05) is 28.8 Å². The monoisotopic (exact) mass is 517 g/mol. The van der Waals surface area contributed by atoms with Gasteiger partial charge in [-0.15, -0.1) is 0 Å². The first kappa shape index (κ1) is 25.6. The average molecular weight is 518 g/mol. The fourth-order valence-electron chi connectivity index (χ4n) is 4.70. The number of hydrogen-bond donors (Lipinski definition) is 1. The van der Waals surface area contributed by atoms with Crippen LogP contribution >= 0.6 is 0 Å². The van der Waals surface area contributed by atoms with E-state index in [4.69, 9.17) is 9.72 Å². The molecule has 39 heavy (non-hydrogen) atoms. The van der Waals surface area contributed by atoms with E-state index in [9.17, 15) is 14.9 Å². The Bertz CT molecular complexity index is 1680. The van der Waals surface area contributed by atoms with Crippen molar-refractivity contribution in [3.05, 3.63) is 129 Å². The summed E-state index contributed by atoms with van der Waals surface area (Å²) in [4.78, 5) is 29.2. The van der Waals surface area contributed by atoms with E-state index < -0.39 is 4.92 Å². The van der Waals surface area contributed by atoms with Crippen molar-refractivity contribution in [2.75, 3.05) is 5.32 Å². The molecule has 1 heterocycles. The summed E-state index contributed by atoms with van der Waals surface area (Å²) in [6, 6.07) is 27.5. The van der Waals surface area contributed by atoms with Gasteiger partial charge in [-0.3, -0.25) is 14.9 Å². The Morgan fingerprint density at radius 2 is 1.62 bits per heavy atom. The Morgan fingerprint density at radius 1 is 0.923 bits per heavy atom. The number of carbonyl (C=O) groups excluding carboxylic acids is 1. The Kier molecular flexibility index (Phi) is 7.06. The molecule has 1 N–H and O–H groups in total. The lowest BCUT2D eigenvalue weighted by Gasteiger charge is -2.17. The number of carbonyl (C=O) groups is 1. The minimum Gasteiger partial charge on any atom is -0.489 e. The van der Waals surface area contributed by atoms with Crippen LogP contribution in [0, 0.1) is 30.9 Å². The second kappa shape index (κ2) is 10.8. The molecule has 1 aromatic heterocycles. The van der Waals surface area contributed by atoms with Gasteiger partial charge < -0.3 is 10.1 Å². The number of hydrogen-bond acceptors (Lipinski definition) is 5. The minimum absolute atomic E-state index is 0.0386. The number of ether oxygens (including phenoxy) is 1. The predicted octanol–water partition coefficient (Wildman–Crippen LogP) is 7.57. The maximum Gasteiger partial charge on any atom is 0.269 e. The van der Waals surface area contributed by atoms with E-state index >= 15 is 0 Å². The van der Waals surface area contributed by atoms with Gasteiger partial charge in [-0.2, -0.15) is 0 Å². The molecule has 7 nitrogen and oxygen atoms in total. The number of pyridine rings is 1. The number of amides is 1. The molecule has 0 bridgehead atoms. The number of nitrogens with zero attached hydrogens (tertiary/aromatic N) is 2. The molecule has 0 aliphatic carbocycles. The molecule has 0 fully saturated rings. The molecule has 7 heteroatoms. The summed E-state index contributed by atoms with van der Waals surface area (Å²) >= 11 is 0. The van der Waals surface area contributed by atoms with Crippen molar-refractivity contribution in [2.45, 2.75) is 27.4 Å². The largest absolute Gasteiger partial charge is 0.489 e. The van der Waals surface area contributed by atoms with Crippen LogP contribution in [0.2, 0.25) is 0 Å². The lowest BCUT2D eigenvalue weighted by Crippen LogP contribution is -2.15. The first-order valence-corrected chi connectivity index (χ1v) is 12.5. The second-order valence-corrected chi connectivity index (χ2v) is 9.50. The van der Waals surface area contributed by atoms with Crippen LogP contribution in [-0.2, 0) is 6.61 Å². The Morgan fingerprint density at radius 3 is 2.28 bits per heavy atom. The van der Waals surface area contributed by atoms with Crippen molar-refractivity contribution in [1.82, 2.24) is 4.98 Å².